The first-order valence-corrected chi connectivity index (χ1v) is 10.1. The van der Waals surface area contributed by atoms with Gasteiger partial charge in [0.1, 0.15) is 0 Å². The molecular weight excluding hydrogens is 377 g/mol. The van der Waals surface area contributed by atoms with Crippen molar-refractivity contribution in [2.45, 2.75) is 38.6 Å². The SMILES string of the molecule is O=C(Nc1nccs1)N(Cc1ccc(Cl)c(Cl)c1)CC1CCCCC1. The van der Waals surface area contributed by atoms with E-state index in [0.29, 0.717) is 27.6 Å². The van der Waals surface area contributed by atoms with E-state index in [9.17, 15) is 4.79 Å². The Kier molecular flexibility index (Phi) is 6.57. The van der Waals surface area contributed by atoms with Crippen molar-refractivity contribution in [1.29, 1.82) is 0 Å². The lowest BCUT2D eigenvalue weighted by atomic mass is 9.89. The van der Waals surface area contributed by atoms with Gasteiger partial charge in [0.05, 0.1) is 10.0 Å². The molecule has 0 atom stereocenters. The first-order valence-electron chi connectivity index (χ1n) is 8.51. The number of hydrogen-bond donors (Lipinski definition) is 1. The van der Waals surface area contributed by atoms with E-state index in [4.69, 9.17) is 23.2 Å². The van der Waals surface area contributed by atoms with E-state index in [-0.39, 0.29) is 6.03 Å². The number of nitrogens with one attached hydrogen (secondary N) is 1. The van der Waals surface area contributed by atoms with Gasteiger partial charge in [-0.25, -0.2) is 9.78 Å². The van der Waals surface area contributed by atoms with E-state index in [0.717, 1.165) is 12.1 Å². The van der Waals surface area contributed by atoms with Gasteiger partial charge < -0.3 is 4.90 Å². The van der Waals surface area contributed by atoms with Crippen LogP contribution in [-0.2, 0) is 6.54 Å². The zero-order chi connectivity index (χ0) is 17.6. The summed E-state index contributed by atoms with van der Waals surface area (Å²) in [6.45, 7) is 1.25. The molecule has 1 aromatic carbocycles. The molecule has 0 aliphatic heterocycles. The van der Waals surface area contributed by atoms with Crippen molar-refractivity contribution in [2.75, 3.05) is 11.9 Å². The summed E-state index contributed by atoms with van der Waals surface area (Å²) in [7, 11) is 0. The molecule has 25 heavy (non-hydrogen) atoms. The summed E-state index contributed by atoms with van der Waals surface area (Å²) in [6.07, 6.45) is 7.85. The second-order valence-electron chi connectivity index (χ2n) is 6.40. The first kappa shape index (κ1) is 18.5. The third kappa shape index (κ3) is 5.33. The topological polar surface area (TPSA) is 45.2 Å². The lowest BCUT2D eigenvalue weighted by molar-refractivity contribution is 0.187. The second-order valence-corrected chi connectivity index (χ2v) is 8.11. The van der Waals surface area contributed by atoms with Gasteiger partial charge in [-0.3, -0.25) is 5.32 Å². The zero-order valence-corrected chi connectivity index (χ0v) is 16.2. The predicted molar refractivity (Wildman–Crippen MR) is 105 cm³/mol. The lowest BCUT2D eigenvalue weighted by Gasteiger charge is -2.30. The van der Waals surface area contributed by atoms with E-state index in [1.165, 1.54) is 43.4 Å². The smallest absolute Gasteiger partial charge is 0.320 e. The molecule has 1 N–H and O–H groups in total. The van der Waals surface area contributed by atoms with Crippen molar-refractivity contribution in [3.05, 3.63) is 45.4 Å². The molecule has 1 saturated carbocycles. The van der Waals surface area contributed by atoms with Gasteiger partial charge in [0.2, 0.25) is 0 Å². The molecule has 1 aromatic heterocycles. The minimum absolute atomic E-state index is 0.119. The number of carbonyl (C=O) groups is 1. The number of amides is 2. The van der Waals surface area contributed by atoms with Gasteiger partial charge in [-0.2, -0.15) is 0 Å². The van der Waals surface area contributed by atoms with Gasteiger partial charge in [-0.05, 0) is 36.5 Å². The molecule has 0 bridgehead atoms. The normalized spacial score (nSPS) is 15.1. The highest BCUT2D eigenvalue weighted by molar-refractivity contribution is 7.13. The highest BCUT2D eigenvalue weighted by Crippen LogP contribution is 2.27. The number of urea groups is 1. The number of benzene rings is 1. The van der Waals surface area contributed by atoms with Gasteiger partial charge in [0, 0.05) is 24.7 Å². The molecule has 134 valence electrons. The van der Waals surface area contributed by atoms with Gasteiger partial charge >= 0.3 is 6.03 Å². The molecule has 7 heteroatoms. The van der Waals surface area contributed by atoms with Crippen molar-refractivity contribution in [2.24, 2.45) is 5.92 Å². The van der Waals surface area contributed by atoms with Gasteiger partial charge in [0.15, 0.2) is 5.13 Å². The average molecular weight is 398 g/mol. The maximum absolute atomic E-state index is 12.8. The van der Waals surface area contributed by atoms with Crippen LogP contribution in [0.15, 0.2) is 29.8 Å². The molecule has 4 nitrogen and oxygen atoms in total. The molecule has 1 aliphatic carbocycles. The van der Waals surface area contributed by atoms with Crippen LogP contribution in [-0.4, -0.2) is 22.5 Å². The number of halogens is 2. The standard InChI is InChI=1S/C18H21Cl2N3OS/c19-15-7-6-14(10-16(15)20)12-23(11-13-4-2-1-3-5-13)18(24)22-17-21-8-9-25-17/h6-10,13H,1-5,11-12H2,(H,21,22,24). The maximum Gasteiger partial charge on any atom is 0.323 e. The molecule has 2 amide bonds. The fraction of sp³-hybridized carbons (Fsp3) is 0.444. The molecule has 2 aromatic rings. The van der Waals surface area contributed by atoms with Crippen molar-refractivity contribution < 1.29 is 4.79 Å². The average Bonchev–Trinajstić information content (AvgIpc) is 3.11. The van der Waals surface area contributed by atoms with Crippen molar-refractivity contribution in [3.63, 3.8) is 0 Å². The van der Waals surface area contributed by atoms with Crippen LogP contribution in [0.25, 0.3) is 0 Å². The highest BCUT2D eigenvalue weighted by Gasteiger charge is 2.22. The van der Waals surface area contributed by atoms with Crippen LogP contribution in [0.4, 0.5) is 9.93 Å². The second kappa shape index (κ2) is 8.88. The van der Waals surface area contributed by atoms with Gasteiger partial charge in [-0.1, -0.05) is 48.5 Å². The van der Waals surface area contributed by atoms with Crippen LogP contribution >= 0.6 is 34.5 Å². The van der Waals surface area contributed by atoms with Crippen LogP contribution in [0.2, 0.25) is 10.0 Å². The van der Waals surface area contributed by atoms with Crippen molar-refractivity contribution in [1.82, 2.24) is 9.88 Å². The largest absolute Gasteiger partial charge is 0.323 e. The van der Waals surface area contributed by atoms with Crippen LogP contribution < -0.4 is 5.32 Å². The van der Waals surface area contributed by atoms with Crippen molar-refractivity contribution >= 4 is 45.7 Å². The molecule has 0 unspecified atom stereocenters. The lowest BCUT2D eigenvalue weighted by Crippen LogP contribution is -2.38. The molecule has 1 fully saturated rings. The van der Waals surface area contributed by atoms with E-state index < -0.39 is 0 Å². The molecule has 1 aliphatic rings. The van der Waals surface area contributed by atoms with Crippen LogP contribution in [0.1, 0.15) is 37.7 Å². The summed E-state index contributed by atoms with van der Waals surface area (Å²) in [5.41, 5.74) is 0.972. The predicted octanol–water partition coefficient (Wildman–Crippen LogP) is 6.06. The van der Waals surface area contributed by atoms with Crippen LogP contribution in [0.3, 0.4) is 0 Å². The monoisotopic (exact) mass is 397 g/mol. The molecule has 0 spiro atoms. The minimum atomic E-state index is -0.119. The molecule has 3 rings (SSSR count). The number of thiazole rings is 1. The Morgan fingerprint density at radius 3 is 2.72 bits per heavy atom. The Labute approximate surface area is 162 Å². The van der Waals surface area contributed by atoms with E-state index in [1.807, 2.05) is 22.4 Å². The first-order chi connectivity index (χ1) is 12.1. The van der Waals surface area contributed by atoms with Gasteiger partial charge in [0.25, 0.3) is 0 Å². The summed E-state index contributed by atoms with van der Waals surface area (Å²) >= 11 is 13.5. The fourth-order valence-electron chi connectivity index (χ4n) is 3.21. The Morgan fingerprint density at radius 2 is 2.04 bits per heavy atom. The molecule has 0 radical (unpaired) electrons. The highest BCUT2D eigenvalue weighted by atomic mass is 35.5. The number of carbonyl (C=O) groups excluding carboxylic acids is 1. The molecular formula is C18H21Cl2N3OS. The number of nitrogens with zero attached hydrogens (tertiary/aromatic N) is 2. The van der Waals surface area contributed by atoms with E-state index in [1.54, 1.807) is 12.3 Å². The summed E-state index contributed by atoms with van der Waals surface area (Å²) < 4.78 is 0. The Bertz CT molecular complexity index is 702. The third-order valence-electron chi connectivity index (χ3n) is 4.49. The van der Waals surface area contributed by atoms with E-state index in [2.05, 4.69) is 10.3 Å². The van der Waals surface area contributed by atoms with Crippen molar-refractivity contribution in [3.8, 4) is 0 Å². The van der Waals surface area contributed by atoms with E-state index >= 15 is 0 Å². The number of anilines is 1. The summed E-state index contributed by atoms with van der Waals surface area (Å²) in [4.78, 5) is 18.8. The number of aromatic nitrogens is 1. The summed E-state index contributed by atoms with van der Waals surface area (Å²) in [5, 5.41) is 6.39. The quantitative estimate of drug-likeness (QED) is 0.665. The summed E-state index contributed by atoms with van der Waals surface area (Å²) in [5.74, 6) is 0.554. The molecule has 0 saturated heterocycles. The Balaban J connectivity index is 1.72. The number of rotatable bonds is 5. The minimum Gasteiger partial charge on any atom is -0.320 e. The maximum atomic E-state index is 12.8. The van der Waals surface area contributed by atoms with Crippen LogP contribution in [0, 0.1) is 5.92 Å². The third-order valence-corrected chi connectivity index (χ3v) is 5.92. The Hall–Kier alpha value is -1.30. The zero-order valence-electron chi connectivity index (χ0n) is 13.9. The Morgan fingerprint density at radius 1 is 1.24 bits per heavy atom. The summed E-state index contributed by atoms with van der Waals surface area (Å²) in [6, 6.07) is 5.40. The number of hydrogen-bond acceptors (Lipinski definition) is 3. The fourth-order valence-corrected chi connectivity index (χ4v) is 4.05. The molecule has 1 heterocycles. The van der Waals surface area contributed by atoms with Crippen LogP contribution in [0.5, 0.6) is 0 Å². The van der Waals surface area contributed by atoms with Gasteiger partial charge in [-0.15, -0.1) is 11.3 Å².